The molecule has 0 spiro atoms. The third-order valence-corrected chi connectivity index (χ3v) is 4.25. The third kappa shape index (κ3) is 6.19. The second-order valence-electron chi connectivity index (χ2n) is 7.73. The average molecular weight is 326 g/mol. The first-order valence-corrected chi connectivity index (χ1v) is 8.43. The van der Waals surface area contributed by atoms with Crippen LogP contribution >= 0.6 is 0 Å². The fourth-order valence-electron chi connectivity index (χ4n) is 2.85. The fraction of sp³-hybridized carbons (Fsp3) is 0.684. The molecule has 1 unspecified atom stereocenters. The lowest BCUT2D eigenvalue weighted by molar-refractivity contribution is -0.378. The molecule has 0 bridgehead atoms. The van der Waals surface area contributed by atoms with Crippen LogP contribution in [0.5, 0.6) is 0 Å². The van der Waals surface area contributed by atoms with Gasteiger partial charge in [-0.25, -0.2) is 18.6 Å². The SMILES string of the molecule is Cc1ccc(C(CC2CCC(F)(F)CC2)OOC(C)(C)C)cc1. The van der Waals surface area contributed by atoms with E-state index in [4.69, 9.17) is 9.78 Å². The van der Waals surface area contributed by atoms with Gasteiger partial charge in [-0.1, -0.05) is 29.8 Å². The summed E-state index contributed by atoms with van der Waals surface area (Å²) in [6, 6.07) is 8.14. The molecule has 1 atom stereocenters. The summed E-state index contributed by atoms with van der Waals surface area (Å²) in [6.07, 6.45) is 1.57. The van der Waals surface area contributed by atoms with Gasteiger partial charge in [-0.3, -0.25) is 0 Å². The van der Waals surface area contributed by atoms with Crippen molar-refractivity contribution in [1.82, 2.24) is 0 Å². The minimum atomic E-state index is -2.49. The van der Waals surface area contributed by atoms with E-state index >= 15 is 0 Å². The van der Waals surface area contributed by atoms with Gasteiger partial charge in [0, 0.05) is 12.8 Å². The van der Waals surface area contributed by atoms with Crippen LogP contribution in [0.25, 0.3) is 0 Å². The van der Waals surface area contributed by atoms with Gasteiger partial charge in [-0.05, 0) is 58.4 Å². The Bertz CT molecular complexity index is 481. The van der Waals surface area contributed by atoms with Crippen molar-refractivity contribution < 1.29 is 18.6 Å². The second kappa shape index (κ2) is 7.27. The summed E-state index contributed by atoms with van der Waals surface area (Å²) in [5.41, 5.74) is 1.82. The summed E-state index contributed by atoms with van der Waals surface area (Å²) < 4.78 is 26.7. The van der Waals surface area contributed by atoms with E-state index < -0.39 is 11.5 Å². The lowest BCUT2D eigenvalue weighted by atomic mass is 9.82. The molecule has 4 heteroatoms. The number of rotatable bonds is 5. The minimum Gasteiger partial charge on any atom is -0.230 e. The molecule has 1 fully saturated rings. The van der Waals surface area contributed by atoms with Crippen LogP contribution in [0.1, 0.15) is 70.1 Å². The molecule has 0 radical (unpaired) electrons. The fourth-order valence-corrected chi connectivity index (χ4v) is 2.85. The molecule has 0 heterocycles. The van der Waals surface area contributed by atoms with Crippen LogP contribution in [0.4, 0.5) is 8.78 Å². The van der Waals surface area contributed by atoms with Crippen molar-refractivity contribution in [1.29, 1.82) is 0 Å². The van der Waals surface area contributed by atoms with E-state index in [0.717, 1.165) is 12.0 Å². The molecule has 0 N–H and O–H groups in total. The summed E-state index contributed by atoms with van der Waals surface area (Å²) in [4.78, 5) is 11.2. The Hall–Kier alpha value is -1.00. The minimum absolute atomic E-state index is 0.0155. The molecular formula is C19H28F2O2. The van der Waals surface area contributed by atoms with Crippen LogP contribution in [0.3, 0.4) is 0 Å². The van der Waals surface area contributed by atoms with Crippen LogP contribution in [0, 0.1) is 12.8 Å². The molecule has 2 nitrogen and oxygen atoms in total. The predicted molar refractivity (Wildman–Crippen MR) is 87.4 cm³/mol. The molecular weight excluding hydrogens is 298 g/mol. The number of alkyl halides is 2. The Morgan fingerprint density at radius 2 is 1.70 bits per heavy atom. The highest BCUT2D eigenvalue weighted by Crippen LogP contribution is 2.40. The Morgan fingerprint density at radius 1 is 1.13 bits per heavy atom. The number of halogens is 2. The van der Waals surface area contributed by atoms with Crippen molar-refractivity contribution in [3.05, 3.63) is 35.4 Å². The van der Waals surface area contributed by atoms with Gasteiger partial charge >= 0.3 is 0 Å². The van der Waals surface area contributed by atoms with Crippen LogP contribution in [-0.2, 0) is 9.78 Å². The van der Waals surface area contributed by atoms with E-state index in [1.165, 1.54) is 5.56 Å². The van der Waals surface area contributed by atoms with Gasteiger partial charge < -0.3 is 0 Å². The molecule has 2 rings (SSSR count). The normalized spacial score (nSPS) is 20.4. The van der Waals surface area contributed by atoms with E-state index in [-0.39, 0.29) is 24.9 Å². The first kappa shape index (κ1) is 18.3. The maximum Gasteiger partial charge on any atom is 0.248 e. The van der Waals surface area contributed by atoms with Crippen LogP contribution in [0.15, 0.2) is 24.3 Å². The number of benzene rings is 1. The zero-order chi connectivity index (χ0) is 17.1. The maximum atomic E-state index is 13.3. The largest absolute Gasteiger partial charge is 0.248 e. The summed E-state index contributed by atoms with van der Waals surface area (Å²) in [5.74, 6) is -2.23. The molecule has 23 heavy (non-hydrogen) atoms. The van der Waals surface area contributed by atoms with Crippen LogP contribution in [0.2, 0.25) is 0 Å². The predicted octanol–water partition coefficient (Wildman–Crippen LogP) is 6.00. The molecule has 1 aliphatic carbocycles. The first-order chi connectivity index (χ1) is 10.6. The Kier molecular flexibility index (Phi) is 5.79. The second-order valence-corrected chi connectivity index (χ2v) is 7.73. The van der Waals surface area contributed by atoms with Gasteiger partial charge in [0.05, 0.1) is 5.60 Å². The Morgan fingerprint density at radius 3 is 2.22 bits per heavy atom. The van der Waals surface area contributed by atoms with Crippen molar-refractivity contribution in [3.8, 4) is 0 Å². The highest BCUT2D eigenvalue weighted by atomic mass is 19.3. The average Bonchev–Trinajstić information content (AvgIpc) is 2.45. The van der Waals surface area contributed by atoms with Gasteiger partial charge in [0.1, 0.15) is 6.10 Å². The van der Waals surface area contributed by atoms with E-state index in [9.17, 15) is 8.78 Å². The molecule has 1 aromatic rings. The van der Waals surface area contributed by atoms with Crippen molar-refractivity contribution in [2.75, 3.05) is 0 Å². The summed E-state index contributed by atoms with van der Waals surface area (Å²) in [5, 5.41) is 0. The standard InChI is InChI=1S/C19H28F2O2/c1-14-5-7-16(8-6-14)17(22-23-18(2,3)4)13-15-9-11-19(20,21)12-10-15/h5-8,15,17H,9-13H2,1-4H3. The first-order valence-electron chi connectivity index (χ1n) is 8.43. The monoisotopic (exact) mass is 326 g/mol. The highest BCUT2D eigenvalue weighted by molar-refractivity contribution is 5.23. The Labute approximate surface area is 138 Å². The topological polar surface area (TPSA) is 18.5 Å². The maximum absolute atomic E-state index is 13.3. The van der Waals surface area contributed by atoms with E-state index in [1.54, 1.807) is 0 Å². The van der Waals surface area contributed by atoms with E-state index in [2.05, 4.69) is 0 Å². The third-order valence-electron chi connectivity index (χ3n) is 4.25. The number of hydrogen-bond donors (Lipinski definition) is 0. The number of hydrogen-bond acceptors (Lipinski definition) is 2. The molecule has 1 aliphatic rings. The van der Waals surface area contributed by atoms with Gasteiger partial charge in [0.2, 0.25) is 5.92 Å². The van der Waals surface area contributed by atoms with Crippen LogP contribution in [-0.4, -0.2) is 11.5 Å². The molecule has 1 aromatic carbocycles. The van der Waals surface area contributed by atoms with Crippen LogP contribution < -0.4 is 0 Å². The molecule has 0 amide bonds. The lowest BCUT2D eigenvalue weighted by Crippen LogP contribution is -2.27. The summed E-state index contributed by atoms with van der Waals surface area (Å²) in [6.45, 7) is 7.83. The lowest BCUT2D eigenvalue weighted by Gasteiger charge is -2.31. The molecule has 0 saturated heterocycles. The van der Waals surface area contributed by atoms with Crippen molar-refractivity contribution >= 4 is 0 Å². The quantitative estimate of drug-likeness (QED) is 0.488. The van der Waals surface area contributed by atoms with E-state index in [0.29, 0.717) is 12.8 Å². The molecule has 1 saturated carbocycles. The van der Waals surface area contributed by atoms with Gasteiger partial charge in [-0.15, -0.1) is 0 Å². The smallest absolute Gasteiger partial charge is 0.230 e. The van der Waals surface area contributed by atoms with Gasteiger partial charge in [-0.2, -0.15) is 0 Å². The zero-order valence-corrected chi connectivity index (χ0v) is 14.6. The zero-order valence-electron chi connectivity index (χ0n) is 14.6. The van der Waals surface area contributed by atoms with Crippen molar-refractivity contribution in [2.45, 2.75) is 77.4 Å². The van der Waals surface area contributed by atoms with E-state index in [1.807, 2.05) is 52.0 Å². The van der Waals surface area contributed by atoms with Gasteiger partial charge in [0.15, 0.2) is 0 Å². The molecule has 130 valence electrons. The molecule has 0 aromatic heterocycles. The summed E-state index contributed by atoms with van der Waals surface area (Å²) >= 11 is 0. The van der Waals surface area contributed by atoms with Crippen molar-refractivity contribution in [3.63, 3.8) is 0 Å². The van der Waals surface area contributed by atoms with Gasteiger partial charge in [0.25, 0.3) is 0 Å². The summed E-state index contributed by atoms with van der Waals surface area (Å²) in [7, 11) is 0. The number of aryl methyl sites for hydroxylation is 1. The molecule has 0 aliphatic heterocycles. The Balaban J connectivity index is 2.03. The highest BCUT2D eigenvalue weighted by Gasteiger charge is 2.36. The van der Waals surface area contributed by atoms with Crippen molar-refractivity contribution in [2.24, 2.45) is 5.92 Å².